The summed E-state index contributed by atoms with van der Waals surface area (Å²) in [5.41, 5.74) is 0. The summed E-state index contributed by atoms with van der Waals surface area (Å²) in [6, 6.07) is -4.30. The van der Waals surface area contributed by atoms with Crippen LogP contribution in [0.5, 0.6) is 0 Å². The summed E-state index contributed by atoms with van der Waals surface area (Å²) >= 11 is 5.35. The first-order chi connectivity index (χ1) is 9.82. The number of aromatic nitrogens is 2. The molecule has 4 nitrogen and oxygen atoms in total. The maximum atomic E-state index is 13.6. The van der Waals surface area contributed by atoms with E-state index in [9.17, 15) is 30.7 Å². The first-order valence-electron chi connectivity index (χ1n) is 5.72. The zero-order chi connectivity index (χ0) is 17.3. The van der Waals surface area contributed by atoms with Gasteiger partial charge in [-0.05, 0) is 13.8 Å². The van der Waals surface area contributed by atoms with E-state index in [4.69, 9.17) is 11.6 Å². The molecular formula is C10H10ClF7N4. The van der Waals surface area contributed by atoms with E-state index in [2.05, 4.69) is 9.97 Å². The molecule has 0 aliphatic rings. The molecule has 0 fully saturated rings. The predicted molar refractivity (Wildman–Crippen MR) is 65.3 cm³/mol. The number of alkyl halides is 6. The van der Waals surface area contributed by atoms with E-state index in [1.165, 1.54) is 0 Å². The summed E-state index contributed by atoms with van der Waals surface area (Å²) in [7, 11) is 0. The number of nitrogens with zero attached hydrogens (tertiary/aromatic N) is 2. The quantitative estimate of drug-likeness (QED) is 0.634. The number of hydrogen-bond acceptors (Lipinski definition) is 4. The fourth-order valence-corrected chi connectivity index (χ4v) is 1.31. The maximum absolute atomic E-state index is 13.6. The lowest BCUT2D eigenvalue weighted by molar-refractivity contribution is -0.139. The van der Waals surface area contributed by atoms with Crippen molar-refractivity contribution >= 4 is 23.4 Å². The van der Waals surface area contributed by atoms with Gasteiger partial charge in [-0.15, -0.1) is 0 Å². The number of halogens is 8. The number of anilines is 2. The Hall–Kier alpha value is -1.52. The van der Waals surface area contributed by atoms with Gasteiger partial charge in [0.1, 0.15) is 12.1 Å². The van der Waals surface area contributed by atoms with Crippen LogP contribution in [-0.4, -0.2) is 34.4 Å². The Morgan fingerprint density at radius 1 is 0.909 bits per heavy atom. The highest BCUT2D eigenvalue weighted by Gasteiger charge is 2.38. The summed E-state index contributed by atoms with van der Waals surface area (Å²) in [5.74, 6) is -3.11. The van der Waals surface area contributed by atoms with Crippen molar-refractivity contribution < 1.29 is 30.7 Å². The van der Waals surface area contributed by atoms with Crippen LogP contribution in [0.2, 0.25) is 5.15 Å². The molecule has 1 aromatic rings. The molecule has 1 rings (SSSR count). The molecule has 0 bridgehead atoms. The molecule has 0 saturated carbocycles. The second-order valence-corrected chi connectivity index (χ2v) is 4.67. The molecular weight excluding hydrogens is 345 g/mol. The zero-order valence-electron chi connectivity index (χ0n) is 11.1. The fraction of sp³-hybridized carbons (Fsp3) is 0.600. The van der Waals surface area contributed by atoms with Crippen LogP contribution in [0.4, 0.5) is 42.5 Å². The minimum atomic E-state index is -4.71. The summed E-state index contributed by atoms with van der Waals surface area (Å²) in [4.78, 5) is 6.45. The molecule has 22 heavy (non-hydrogen) atoms. The Kier molecular flexibility index (Phi) is 5.31. The predicted octanol–water partition coefficient (Wildman–Crippen LogP) is 3.99. The number of hydrogen-bond donors (Lipinski definition) is 2. The lowest BCUT2D eigenvalue weighted by Crippen LogP contribution is -2.35. The van der Waals surface area contributed by atoms with Crippen LogP contribution in [0, 0.1) is 5.82 Å². The lowest BCUT2D eigenvalue weighted by Gasteiger charge is -2.20. The summed E-state index contributed by atoms with van der Waals surface area (Å²) < 4.78 is 88.0. The van der Waals surface area contributed by atoms with Crippen LogP contribution in [0.15, 0.2) is 0 Å². The van der Waals surface area contributed by atoms with Gasteiger partial charge in [0, 0.05) is 0 Å². The van der Waals surface area contributed by atoms with Crippen molar-refractivity contribution in [1.29, 1.82) is 0 Å². The van der Waals surface area contributed by atoms with Crippen LogP contribution in [0.25, 0.3) is 0 Å². The minimum Gasteiger partial charge on any atom is -0.356 e. The summed E-state index contributed by atoms with van der Waals surface area (Å²) in [6.07, 6.45) is -9.37. The average Bonchev–Trinajstić information content (AvgIpc) is 2.32. The van der Waals surface area contributed by atoms with Crippen LogP contribution >= 0.6 is 11.6 Å². The molecule has 0 radical (unpaired) electrons. The third-order valence-electron chi connectivity index (χ3n) is 2.49. The third-order valence-corrected chi connectivity index (χ3v) is 2.74. The van der Waals surface area contributed by atoms with Crippen LogP contribution in [0.1, 0.15) is 13.8 Å². The third kappa shape index (κ3) is 4.75. The van der Waals surface area contributed by atoms with Crippen molar-refractivity contribution in [3.63, 3.8) is 0 Å². The Morgan fingerprint density at radius 3 is 1.82 bits per heavy atom. The monoisotopic (exact) mass is 354 g/mol. The topological polar surface area (TPSA) is 49.8 Å². The van der Waals surface area contributed by atoms with Crippen LogP contribution in [-0.2, 0) is 0 Å². The van der Waals surface area contributed by atoms with E-state index in [-0.39, 0.29) is 0 Å². The van der Waals surface area contributed by atoms with Crippen molar-refractivity contribution in [1.82, 2.24) is 9.97 Å². The van der Waals surface area contributed by atoms with Crippen molar-refractivity contribution in [2.75, 3.05) is 10.6 Å². The highest BCUT2D eigenvalue weighted by molar-refractivity contribution is 6.29. The molecule has 12 heteroatoms. The van der Waals surface area contributed by atoms with Gasteiger partial charge in [0.2, 0.25) is 11.8 Å². The summed E-state index contributed by atoms with van der Waals surface area (Å²) in [5, 5.41) is 2.56. The fourth-order valence-electron chi connectivity index (χ4n) is 1.14. The minimum absolute atomic E-state index is 0.681. The Balaban J connectivity index is 3.05. The molecule has 0 saturated heterocycles. The molecule has 0 spiro atoms. The van der Waals surface area contributed by atoms with Gasteiger partial charge in [-0.2, -0.15) is 40.7 Å². The lowest BCUT2D eigenvalue weighted by atomic mass is 10.3. The van der Waals surface area contributed by atoms with Gasteiger partial charge in [-0.25, -0.2) is 0 Å². The molecule has 0 amide bonds. The van der Waals surface area contributed by atoms with Gasteiger partial charge in [-0.3, -0.25) is 0 Å². The van der Waals surface area contributed by atoms with E-state index >= 15 is 0 Å². The van der Waals surface area contributed by atoms with Crippen LogP contribution < -0.4 is 10.6 Å². The zero-order valence-corrected chi connectivity index (χ0v) is 11.8. The first-order valence-corrected chi connectivity index (χ1v) is 6.09. The molecule has 2 atom stereocenters. The first kappa shape index (κ1) is 18.5. The van der Waals surface area contributed by atoms with E-state index < -0.39 is 47.2 Å². The van der Waals surface area contributed by atoms with E-state index in [1.807, 2.05) is 0 Å². The molecule has 1 aromatic heterocycles. The Bertz CT molecular complexity index is 531. The largest absolute Gasteiger partial charge is 0.408 e. The molecule has 0 aliphatic carbocycles. The van der Waals surface area contributed by atoms with Gasteiger partial charge in [-0.1, -0.05) is 11.6 Å². The standard InChI is InChI=1S/C10H10ClF7N4/c1-3(9(13,14)15)19-7-5(12)6(11)21-8(22-7)20-4(2)10(16,17)18/h3-4H,1-2H3,(H2,19,20,21,22)/t3-,4-/m1/s1. The smallest absolute Gasteiger partial charge is 0.356 e. The van der Waals surface area contributed by atoms with Crippen LogP contribution in [0.3, 0.4) is 0 Å². The molecule has 1 heterocycles. The SMILES string of the molecule is C[C@@H](Nc1nc(Cl)c(F)c(N[C@H](C)C(F)(F)F)n1)C(F)(F)F. The van der Waals surface area contributed by atoms with Crippen molar-refractivity contribution in [3.8, 4) is 0 Å². The molecule has 0 aromatic carbocycles. The molecule has 2 N–H and O–H groups in total. The van der Waals surface area contributed by atoms with Gasteiger partial charge in [0.05, 0.1) is 0 Å². The van der Waals surface area contributed by atoms with Crippen molar-refractivity contribution in [2.24, 2.45) is 0 Å². The van der Waals surface area contributed by atoms with Gasteiger partial charge >= 0.3 is 12.4 Å². The van der Waals surface area contributed by atoms with E-state index in [0.717, 1.165) is 6.92 Å². The second kappa shape index (κ2) is 6.31. The van der Waals surface area contributed by atoms with E-state index in [0.29, 0.717) is 6.92 Å². The Labute approximate surface area is 125 Å². The molecule has 0 aliphatic heterocycles. The summed E-state index contributed by atoms with van der Waals surface area (Å²) in [6.45, 7) is 1.41. The highest BCUT2D eigenvalue weighted by atomic mass is 35.5. The van der Waals surface area contributed by atoms with Gasteiger partial charge in [0.25, 0.3) is 0 Å². The van der Waals surface area contributed by atoms with Gasteiger partial charge in [0.15, 0.2) is 11.0 Å². The molecule has 0 unspecified atom stereocenters. The average molecular weight is 355 g/mol. The maximum Gasteiger partial charge on any atom is 0.408 e. The van der Waals surface area contributed by atoms with Crippen molar-refractivity contribution in [2.45, 2.75) is 38.3 Å². The number of nitrogens with one attached hydrogen (secondary N) is 2. The van der Waals surface area contributed by atoms with E-state index in [1.54, 1.807) is 10.6 Å². The number of rotatable bonds is 4. The van der Waals surface area contributed by atoms with Gasteiger partial charge < -0.3 is 10.6 Å². The normalized spacial score (nSPS) is 15.4. The highest BCUT2D eigenvalue weighted by Crippen LogP contribution is 2.28. The Morgan fingerprint density at radius 2 is 1.36 bits per heavy atom. The van der Waals surface area contributed by atoms with Crippen molar-refractivity contribution in [3.05, 3.63) is 11.0 Å². The second-order valence-electron chi connectivity index (χ2n) is 4.32. The molecule has 126 valence electrons.